The molecule has 1 aliphatic heterocycles. The van der Waals surface area contributed by atoms with Crippen LogP contribution >= 0.6 is 11.3 Å². The smallest absolute Gasteiger partial charge is 0.348 e. The molecule has 4 rings (SSSR count). The zero-order valence-electron chi connectivity index (χ0n) is 15.8. The molecule has 0 fully saturated rings. The molecule has 1 aliphatic rings. The average Bonchev–Trinajstić information content (AvgIpc) is 3.19. The van der Waals surface area contributed by atoms with E-state index in [-0.39, 0.29) is 25.5 Å². The van der Waals surface area contributed by atoms with Gasteiger partial charge >= 0.3 is 11.9 Å². The summed E-state index contributed by atoms with van der Waals surface area (Å²) in [6.45, 7) is 0.0551. The Bertz CT molecular complexity index is 1170. The fraction of sp³-hybridized carbons (Fsp3) is 0.250. The van der Waals surface area contributed by atoms with E-state index in [1.54, 1.807) is 6.08 Å². The molecule has 1 aromatic carbocycles. The van der Waals surface area contributed by atoms with E-state index in [9.17, 15) is 26.7 Å². The van der Waals surface area contributed by atoms with Crippen LogP contribution in [-0.2, 0) is 12.7 Å². The fourth-order valence-corrected chi connectivity index (χ4v) is 4.07. The molecule has 0 saturated carbocycles. The summed E-state index contributed by atoms with van der Waals surface area (Å²) in [6, 6.07) is 7.75. The Morgan fingerprint density at radius 3 is 2.48 bits per heavy atom. The van der Waals surface area contributed by atoms with E-state index in [1.165, 1.54) is 41.4 Å². The van der Waals surface area contributed by atoms with E-state index < -0.39 is 28.7 Å². The largest absolute Gasteiger partial charge is 0.425 e. The molecule has 0 spiro atoms. The summed E-state index contributed by atoms with van der Waals surface area (Å²) in [7, 11) is 0. The van der Waals surface area contributed by atoms with Gasteiger partial charge < -0.3 is 4.90 Å². The lowest BCUT2D eigenvalue weighted by molar-refractivity contribution is -0.134. The predicted molar refractivity (Wildman–Crippen MR) is 106 cm³/mol. The summed E-state index contributed by atoms with van der Waals surface area (Å²) in [5.41, 5.74) is 0.253. The summed E-state index contributed by atoms with van der Waals surface area (Å²) in [6.07, 6.45) is -2.90. The van der Waals surface area contributed by atoms with Gasteiger partial charge in [-0.15, -0.1) is 11.3 Å². The second-order valence-electron chi connectivity index (χ2n) is 6.86. The van der Waals surface area contributed by atoms with Crippen LogP contribution in [0.1, 0.15) is 15.3 Å². The number of anilines is 1. The Kier molecular flexibility index (Phi) is 5.61. The van der Waals surface area contributed by atoms with Crippen molar-refractivity contribution in [2.45, 2.75) is 18.9 Å². The van der Waals surface area contributed by atoms with Crippen LogP contribution in [-0.4, -0.2) is 34.0 Å². The molecule has 1 atom stereocenters. The van der Waals surface area contributed by atoms with Gasteiger partial charge in [0.25, 0.3) is 0 Å². The highest BCUT2D eigenvalue weighted by Crippen LogP contribution is 2.34. The molecule has 0 N–H and O–H groups in total. The summed E-state index contributed by atoms with van der Waals surface area (Å²) >= 11 is 0.531. The van der Waals surface area contributed by atoms with E-state index in [4.69, 9.17) is 0 Å². The molecule has 2 aromatic heterocycles. The van der Waals surface area contributed by atoms with Crippen molar-refractivity contribution in [2.24, 2.45) is 0 Å². The Hall–Kier alpha value is -3.08. The first kappa shape index (κ1) is 21.2. The highest BCUT2D eigenvalue weighted by Gasteiger charge is 2.32. The van der Waals surface area contributed by atoms with Gasteiger partial charge in [0.1, 0.15) is 16.9 Å². The zero-order valence-corrected chi connectivity index (χ0v) is 16.6. The van der Waals surface area contributed by atoms with Crippen LogP contribution < -0.4 is 10.6 Å². The minimum atomic E-state index is -4.44. The van der Waals surface area contributed by atoms with Gasteiger partial charge in [0, 0.05) is 11.4 Å². The van der Waals surface area contributed by atoms with Crippen molar-refractivity contribution in [3.05, 3.63) is 80.3 Å². The second-order valence-corrected chi connectivity index (χ2v) is 8.03. The Balaban J connectivity index is 1.49. The van der Waals surface area contributed by atoms with Crippen molar-refractivity contribution in [3.63, 3.8) is 0 Å². The molecule has 31 heavy (non-hydrogen) atoms. The number of thiophene rings is 1. The van der Waals surface area contributed by atoms with Gasteiger partial charge in [-0.1, -0.05) is 18.2 Å². The van der Waals surface area contributed by atoms with E-state index in [2.05, 4.69) is 10.1 Å². The number of hydrogen-bond donors (Lipinski definition) is 0. The first-order valence-corrected chi connectivity index (χ1v) is 9.97. The van der Waals surface area contributed by atoms with Gasteiger partial charge in [-0.05, 0) is 35.4 Å². The molecule has 162 valence electrons. The normalized spacial score (nSPS) is 17.0. The van der Waals surface area contributed by atoms with Gasteiger partial charge in [0.2, 0.25) is 0 Å². The fourth-order valence-electron chi connectivity index (χ4n) is 3.21. The SMILES string of the molecule is O=c1nc(N2CC=C(c3ccc(F)cc3)C(F)C2)cnn1Cc1ccc(C(F)(F)F)s1. The maximum Gasteiger partial charge on any atom is 0.425 e. The number of benzene rings is 1. The third kappa shape index (κ3) is 4.66. The molecule has 5 nitrogen and oxygen atoms in total. The van der Waals surface area contributed by atoms with Crippen LogP contribution in [0, 0.1) is 5.82 Å². The summed E-state index contributed by atoms with van der Waals surface area (Å²) in [5, 5.41) is 3.97. The van der Waals surface area contributed by atoms with Crippen LogP contribution in [0.5, 0.6) is 0 Å². The molecule has 0 aliphatic carbocycles. The molecule has 11 heteroatoms. The highest BCUT2D eigenvalue weighted by atomic mass is 32.1. The van der Waals surface area contributed by atoms with E-state index in [0.717, 1.165) is 10.7 Å². The van der Waals surface area contributed by atoms with Crippen LogP contribution in [0.25, 0.3) is 5.57 Å². The van der Waals surface area contributed by atoms with Crippen molar-refractivity contribution in [1.29, 1.82) is 0 Å². The minimum absolute atomic E-state index is 0.0682. The molecular weight excluding hydrogens is 439 g/mol. The second kappa shape index (κ2) is 8.22. The molecule has 0 saturated heterocycles. The number of nitrogens with zero attached hydrogens (tertiary/aromatic N) is 4. The topological polar surface area (TPSA) is 51.0 Å². The standard InChI is InChI=1S/C20H15F5N4OS/c21-13-3-1-12(2-4-13)15-7-8-28(11-16(15)22)18-9-26-29(19(30)27-18)10-14-5-6-17(31-14)20(23,24)25/h1-7,9,16H,8,10-11H2. The van der Waals surface area contributed by atoms with Crippen molar-refractivity contribution in [3.8, 4) is 0 Å². The summed E-state index contributed by atoms with van der Waals surface area (Å²) in [5.74, 6) is -0.245. The van der Waals surface area contributed by atoms with E-state index in [1.807, 2.05) is 0 Å². The van der Waals surface area contributed by atoms with Gasteiger partial charge in [-0.3, -0.25) is 0 Å². The van der Waals surface area contributed by atoms with Crippen LogP contribution in [0.15, 0.2) is 53.5 Å². The lowest BCUT2D eigenvalue weighted by Crippen LogP contribution is -2.38. The van der Waals surface area contributed by atoms with Gasteiger partial charge in [-0.2, -0.15) is 23.3 Å². The van der Waals surface area contributed by atoms with E-state index in [0.29, 0.717) is 27.4 Å². The number of aromatic nitrogens is 3. The van der Waals surface area contributed by atoms with Crippen LogP contribution in [0.4, 0.5) is 27.8 Å². The predicted octanol–water partition coefficient (Wildman–Crippen LogP) is 4.15. The molecular formula is C20H15F5N4OS. The molecule has 1 unspecified atom stereocenters. The number of halogens is 5. The Morgan fingerprint density at radius 1 is 1.13 bits per heavy atom. The molecule has 3 heterocycles. The van der Waals surface area contributed by atoms with Crippen molar-refractivity contribution in [1.82, 2.24) is 14.8 Å². The van der Waals surface area contributed by atoms with Gasteiger partial charge in [0.15, 0.2) is 5.82 Å². The number of hydrogen-bond acceptors (Lipinski definition) is 5. The van der Waals surface area contributed by atoms with E-state index >= 15 is 0 Å². The van der Waals surface area contributed by atoms with Crippen LogP contribution in [0.3, 0.4) is 0 Å². The third-order valence-electron chi connectivity index (χ3n) is 4.74. The maximum atomic E-state index is 14.7. The lowest BCUT2D eigenvalue weighted by atomic mass is 9.98. The highest BCUT2D eigenvalue weighted by molar-refractivity contribution is 7.12. The average molecular weight is 454 g/mol. The maximum absolute atomic E-state index is 14.7. The quantitative estimate of drug-likeness (QED) is 0.556. The van der Waals surface area contributed by atoms with Crippen molar-refractivity contribution >= 4 is 22.7 Å². The lowest BCUT2D eigenvalue weighted by Gasteiger charge is -2.29. The monoisotopic (exact) mass is 454 g/mol. The number of rotatable bonds is 4. The van der Waals surface area contributed by atoms with Gasteiger partial charge in [0.05, 0.1) is 19.3 Å². The number of alkyl halides is 4. The molecule has 3 aromatic rings. The Labute approximate surface area is 177 Å². The zero-order chi connectivity index (χ0) is 22.2. The Morgan fingerprint density at radius 2 is 1.87 bits per heavy atom. The summed E-state index contributed by atoms with van der Waals surface area (Å²) in [4.78, 5) is 17.3. The third-order valence-corrected chi connectivity index (χ3v) is 5.86. The van der Waals surface area contributed by atoms with Crippen LogP contribution in [0.2, 0.25) is 0 Å². The molecule has 0 amide bonds. The minimum Gasteiger partial charge on any atom is -0.348 e. The first-order valence-electron chi connectivity index (χ1n) is 9.16. The molecule has 0 bridgehead atoms. The van der Waals surface area contributed by atoms with Crippen molar-refractivity contribution < 1.29 is 22.0 Å². The van der Waals surface area contributed by atoms with Crippen molar-refractivity contribution in [2.75, 3.05) is 18.0 Å². The van der Waals surface area contributed by atoms with Gasteiger partial charge in [-0.25, -0.2) is 18.3 Å². The summed E-state index contributed by atoms with van der Waals surface area (Å²) < 4.78 is 66.9. The molecule has 0 radical (unpaired) electrons. The first-order chi connectivity index (χ1) is 14.7.